The second kappa shape index (κ2) is 70.6. The van der Waals surface area contributed by atoms with Gasteiger partial charge in [0.2, 0.25) is 17.7 Å². The molecule has 0 rings (SSSR count). The Kier molecular flexibility index (Phi) is 80.4. The molecule has 0 aliphatic carbocycles. The highest BCUT2D eigenvalue weighted by atomic mass is 127. The van der Waals surface area contributed by atoms with Crippen molar-refractivity contribution in [1.82, 2.24) is 17.8 Å². The number of rotatable bonds is 18. The van der Waals surface area contributed by atoms with Crippen molar-refractivity contribution in [1.29, 1.82) is 0 Å². The van der Waals surface area contributed by atoms with Gasteiger partial charge in [-0.1, -0.05) is 5.16 Å². The Morgan fingerprint density at radius 3 is 1.18 bits per heavy atom. The molecule has 39 nitrogen and oxygen atoms in total. The van der Waals surface area contributed by atoms with Crippen molar-refractivity contribution in [3.63, 3.8) is 0 Å². The van der Waals surface area contributed by atoms with E-state index in [2.05, 4.69) is 64.7 Å². The van der Waals surface area contributed by atoms with E-state index >= 15 is 0 Å². The number of carbonyl (C=O) groups is 13. The lowest BCUT2D eigenvalue weighted by atomic mass is 10.2. The summed E-state index contributed by atoms with van der Waals surface area (Å²) in [6.45, 7) is 16.4. The number of oxime groups is 1. The number of quaternary nitrogens is 2. The summed E-state index contributed by atoms with van der Waals surface area (Å²) in [6, 6.07) is -0.681. The predicted octanol–water partition coefficient (Wildman–Crippen LogP) is -13.1. The van der Waals surface area contributed by atoms with Crippen LogP contribution in [-0.2, 0) is 91.2 Å². The number of hydroxylamine groups is 1. The maximum Gasteiger partial charge on any atom is 0.431 e. The molecule has 0 saturated heterocycles. The first-order valence-corrected chi connectivity index (χ1v) is 21.3. The Morgan fingerprint density at radius 1 is 0.689 bits per heavy atom. The van der Waals surface area contributed by atoms with Crippen LogP contribution in [0.3, 0.4) is 0 Å². The fourth-order valence-corrected chi connectivity index (χ4v) is 1.16. The molecular weight excluding hydrogens is 1140 g/mol. The van der Waals surface area contributed by atoms with Gasteiger partial charge in [-0.05, 0) is 48.5 Å². The normalized spacial score (nSPS) is 9.86. The average Bonchev–Trinajstić information content (AvgIpc) is 3.33. The molecule has 5 amide bonds. The van der Waals surface area contributed by atoms with Crippen LogP contribution in [0.4, 0.5) is 4.79 Å². The number of carboxylic acids is 1. The van der Waals surface area contributed by atoms with Gasteiger partial charge in [-0.2, -0.15) is 5.48 Å². The van der Waals surface area contributed by atoms with E-state index in [1.165, 1.54) is 27.7 Å². The van der Waals surface area contributed by atoms with Crippen molar-refractivity contribution >= 4 is 90.9 Å². The molecule has 0 aromatic carbocycles. The molecule has 0 aliphatic rings. The molecule has 40 heteroatoms. The van der Waals surface area contributed by atoms with Crippen molar-refractivity contribution < 1.29 is 152 Å². The molecule has 0 aliphatic heterocycles. The minimum atomic E-state index is -5.94. The number of ketones is 4. The molecule has 0 aromatic heterocycles. The lowest BCUT2D eigenvalue weighted by Crippen LogP contribution is -4.29. The Bertz CT molecular complexity index is 1580. The highest BCUT2D eigenvalue weighted by Gasteiger charge is 2.16. The van der Waals surface area contributed by atoms with Crippen LogP contribution in [0.1, 0.15) is 69.2 Å². The number of nitrogens with one attached hydrogen (secondary N) is 1. The SMILES string of the molecule is C=[OH+].CC(=O)C(N)CO.CC(=O)C=O.CC(=O)C=O.CC(C)(C)OC=O.NOCC(=O)O.[2H]NC(=O)CO/N=C/C(C)=O.[2H]NC(=O)CON.[2H]NC(=O)CON.[2H]NC(=O)CONC(=O)OC(C)(C)C.[2H][NH3+].[NH4+].[O-][I+3]([O-])([O-])[O-]. The quantitative estimate of drug-likeness (QED) is 0.0151. The molecular formula is C34H77IN12O27+2. The van der Waals surface area contributed by atoms with Gasteiger partial charge in [-0.15, -0.1) is 0 Å². The van der Waals surface area contributed by atoms with Crippen LogP contribution in [0.5, 0.6) is 0 Å². The summed E-state index contributed by atoms with van der Waals surface area (Å²) in [6.07, 6.45) is 3.22. The van der Waals surface area contributed by atoms with Gasteiger partial charge in [0.1, 0.15) is 56.5 Å². The van der Waals surface area contributed by atoms with Gasteiger partial charge >= 0.3 is 13.5 Å². The molecule has 1 atom stereocenters. The summed E-state index contributed by atoms with van der Waals surface area (Å²) < 4.78 is 74.4. The molecule has 28 N–H and O–H groups in total. The summed E-state index contributed by atoms with van der Waals surface area (Å²) in [5, 5.41) is 19.0. The van der Waals surface area contributed by atoms with Gasteiger partial charge < -0.3 is 65.5 Å². The summed E-state index contributed by atoms with van der Waals surface area (Å²) in [7, 11) is 0. The molecule has 0 saturated carbocycles. The zero-order valence-corrected chi connectivity index (χ0v) is 44.5. The van der Waals surface area contributed by atoms with Gasteiger partial charge in [0.15, 0.2) is 55.4 Å². The van der Waals surface area contributed by atoms with Gasteiger partial charge in [0.25, 0.3) is 19.2 Å². The topological polar surface area (TPSA) is 746 Å². The summed E-state index contributed by atoms with van der Waals surface area (Å²) in [5.41, 5.74) is 12.3. The monoisotopic (exact) mass is 1220 g/mol. The zero-order chi connectivity index (χ0) is 65.1. The van der Waals surface area contributed by atoms with Crippen molar-refractivity contribution in [3.8, 4) is 0 Å². The maximum atomic E-state index is 10.9. The van der Waals surface area contributed by atoms with E-state index in [4.69, 9.17) is 55.9 Å². The van der Waals surface area contributed by atoms with E-state index in [0.717, 1.165) is 6.21 Å². The molecule has 0 heterocycles. The van der Waals surface area contributed by atoms with E-state index in [9.17, 15) is 52.7 Å². The minimum absolute atomic E-state index is 0. The van der Waals surface area contributed by atoms with Gasteiger partial charge in [-0.25, -0.2) is 27.3 Å². The maximum absolute atomic E-state index is 10.9. The lowest BCUT2D eigenvalue weighted by Gasteiger charge is -2.19. The van der Waals surface area contributed by atoms with E-state index in [0.29, 0.717) is 6.47 Å². The van der Waals surface area contributed by atoms with Crippen LogP contribution in [-0.4, -0.2) is 163 Å². The fourth-order valence-electron chi connectivity index (χ4n) is 1.16. The summed E-state index contributed by atoms with van der Waals surface area (Å²) in [5.74, 6) is 8.52. The van der Waals surface area contributed by atoms with E-state index in [1.807, 2.05) is 26.3 Å². The number of nitrogens with zero attached hydrogens (tertiary/aromatic N) is 1. The van der Waals surface area contributed by atoms with E-state index in [-0.39, 0.29) is 62.3 Å². The van der Waals surface area contributed by atoms with Crippen molar-refractivity contribution in [2.24, 2.45) is 51.5 Å². The number of hydrogen-bond donors (Lipinski definition) is 13. The highest BCUT2D eigenvalue weighted by molar-refractivity contribution is 6.26. The first-order chi connectivity index (χ1) is 35.7. The first kappa shape index (κ1) is 84.2. The van der Waals surface area contributed by atoms with Crippen LogP contribution in [0.2, 0.25) is 7.06 Å². The number of Topliss-reactive ketones (excluding diaryl/α,β-unsaturated/α-hetero) is 4. The van der Waals surface area contributed by atoms with Gasteiger partial charge in [-0.3, -0.25) is 90.6 Å². The number of halogens is 1. The highest BCUT2D eigenvalue weighted by Crippen LogP contribution is 2.06. The number of carbonyl (C=O) groups excluding carboxylic acids is 13. The third-order valence-corrected chi connectivity index (χ3v) is 3.35. The molecule has 0 spiro atoms. The van der Waals surface area contributed by atoms with Crippen molar-refractivity contribution in [2.45, 2.75) is 86.5 Å². The number of aliphatic carboxylic acids is 1. The molecule has 0 bridgehead atoms. The molecule has 0 aromatic rings. The molecule has 74 heavy (non-hydrogen) atoms. The van der Waals surface area contributed by atoms with Gasteiger partial charge in [0.05, 0.1) is 12.6 Å². The number of hydrogen-bond acceptors (Lipinski definition) is 30. The largest absolute Gasteiger partial charge is 0.479 e. The lowest BCUT2D eigenvalue weighted by molar-refractivity contribution is -2.00. The third-order valence-electron chi connectivity index (χ3n) is 3.35. The Labute approximate surface area is 437 Å². The fraction of sp³-hybridized carbons (Fsp3) is 0.559. The number of aliphatic hydroxyl groups excluding tert-OH is 1. The average molecular weight is 1220 g/mol. The standard InChI is InChI=1S/C7H14N2O4.C5H8N2O3.C5H10O2.C4H9NO2.2C3H4O2.2C2H6N2O2.C2H5NO3.CH2O.IO4.2H3N/c1-7(2,3)13-6(11)9-12-4-5(8)10;1-4(8)2-7-10-3-5(6)9;1-5(2,3)7-4-6;1-3(7)4(5)2-6;2*1-3(5)2-4;2*3-2(5)1-6-4;3-6-1-2(4)5;1-2;2-1(3,4)5;;/h4H2,1-3H3,(H2,8,10)(H,9,11);2H,3H2,1H3,(H2,6,9);4H,1-3H3;4,6H,2,5H2,1H3;2*2H,1H3;2*1,4H2,(H2,3,5);1,3H2,(H,4,5);1H2;;2*1H3/q;;;;;;;;;;-1;;/p+3/b;7-2+;;;;;;;;;;;/i/hD5. The van der Waals surface area contributed by atoms with Crippen LogP contribution in [0.15, 0.2) is 5.16 Å². The van der Waals surface area contributed by atoms with Crippen LogP contribution in [0.25, 0.3) is 0 Å². The predicted molar refractivity (Wildman–Crippen MR) is 242 cm³/mol. The van der Waals surface area contributed by atoms with Crippen LogP contribution < -0.4 is 97.9 Å². The molecule has 440 valence electrons. The summed E-state index contributed by atoms with van der Waals surface area (Å²) in [4.78, 5) is 155. The molecule has 0 radical (unpaired) electrons. The Hall–Kier alpha value is -6.62. The molecule has 1 unspecified atom stereocenters. The first-order valence-electron chi connectivity index (χ1n) is 20.5. The third kappa shape index (κ3) is 229. The van der Waals surface area contributed by atoms with Crippen LogP contribution >= 0.6 is 0 Å². The molecule has 0 fully saturated rings. The van der Waals surface area contributed by atoms with Crippen molar-refractivity contribution in [2.75, 3.05) is 39.6 Å². The number of amides is 5. The number of ether oxygens (including phenoxy) is 2. The number of aliphatic hydroxyl groups is 1. The Balaban J connectivity index is -0.0000000562. The number of primary amides is 4. The number of nitrogens with two attached hydrogens (primary N) is 8. The second-order valence-electron chi connectivity index (χ2n) is 12.6. The summed E-state index contributed by atoms with van der Waals surface area (Å²) >= 11 is -5.94. The zero-order valence-electron chi connectivity index (χ0n) is 47.3. The van der Waals surface area contributed by atoms with Crippen molar-refractivity contribution in [3.05, 3.63) is 0 Å². The number of aldehydes is 2. The van der Waals surface area contributed by atoms with Gasteiger partial charge in [0, 0.05) is 20.8 Å². The number of carboxylic acid groups (broad SMARTS) is 1. The van der Waals surface area contributed by atoms with E-state index in [1.54, 1.807) is 43.7 Å². The Morgan fingerprint density at radius 2 is 1.01 bits per heavy atom. The smallest absolute Gasteiger partial charge is 0.431 e. The minimum Gasteiger partial charge on any atom is -0.479 e. The second-order valence-corrected chi connectivity index (χ2v) is 14.7. The van der Waals surface area contributed by atoms with Crippen LogP contribution in [0, 0.1) is 0 Å². The van der Waals surface area contributed by atoms with E-state index < -0.39 is 92.2 Å².